The first-order valence-electron chi connectivity index (χ1n) is 4.89. The Hall–Kier alpha value is -0.700. The third kappa shape index (κ3) is 2.91. The summed E-state index contributed by atoms with van der Waals surface area (Å²) in [4.78, 5) is 4.34. The molecule has 1 rings (SSSR count). The highest BCUT2D eigenvalue weighted by Crippen LogP contribution is 2.27. The summed E-state index contributed by atoms with van der Waals surface area (Å²) in [5, 5.41) is 1.60. The highest BCUT2D eigenvalue weighted by atomic mass is 32.2. The lowest BCUT2D eigenvalue weighted by atomic mass is 10.2. The molecule has 0 aliphatic heterocycles. The van der Waals surface area contributed by atoms with Gasteiger partial charge >= 0.3 is 0 Å². The molecule has 0 fully saturated rings. The molecule has 14 heavy (non-hydrogen) atoms. The number of aromatic nitrogens is 1. The summed E-state index contributed by atoms with van der Waals surface area (Å²) in [6, 6.07) is 1.96. The van der Waals surface area contributed by atoms with E-state index in [0.717, 1.165) is 16.3 Å². The van der Waals surface area contributed by atoms with Crippen molar-refractivity contribution in [1.29, 1.82) is 0 Å². The van der Waals surface area contributed by atoms with Crippen LogP contribution in [0.5, 0.6) is 0 Å². The number of pyridine rings is 1. The zero-order chi connectivity index (χ0) is 10.7. The molecule has 2 nitrogen and oxygen atoms in total. The first-order chi connectivity index (χ1) is 6.50. The van der Waals surface area contributed by atoms with Crippen molar-refractivity contribution in [3.63, 3.8) is 0 Å². The third-order valence-electron chi connectivity index (χ3n) is 2.37. The maximum absolute atomic E-state index is 5.82. The van der Waals surface area contributed by atoms with Crippen molar-refractivity contribution < 1.29 is 0 Å². The van der Waals surface area contributed by atoms with Crippen LogP contribution in [0.1, 0.15) is 26.3 Å². The van der Waals surface area contributed by atoms with Gasteiger partial charge in [-0.05, 0) is 24.5 Å². The number of anilines is 1. The quantitative estimate of drug-likeness (QED) is 0.779. The summed E-state index contributed by atoms with van der Waals surface area (Å²) < 4.78 is 0. The number of nitrogens with zero attached hydrogens (tertiary/aromatic N) is 1. The maximum Gasteiger partial charge on any atom is 0.0983 e. The van der Waals surface area contributed by atoms with Gasteiger partial charge in [-0.2, -0.15) is 0 Å². The van der Waals surface area contributed by atoms with Crippen LogP contribution in [0.2, 0.25) is 0 Å². The summed E-state index contributed by atoms with van der Waals surface area (Å²) >= 11 is 1.78. The van der Waals surface area contributed by atoms with E-state index in [1.165, 1.54) is 0 Å². The van der Waals surface area contributed by atoms with Gasteiger partial charge in [0.05, 0.1) is 5.03 Å². The van der Waals surface area contributed by atoms with Crippen molar-refractivity contribution in [2.45, 2.75) is 38.0 Å². The van der Waals surface area contributed by atoms with Gasteiger partial charge in [-0.3, -0.25) is 0 Å². The van der Waals surface area contributed by atoms with Crippen LogP contribution < -0.4 is 5.73 Å². The van der Waals surface area contributed by atoms with Gasteiger partial charge in [0, 0.05) is 17.1 Å². The lowest BCUT2D eigenvalue weighted by molar-refractivity contribution is 0.641. The molecule has 0 aliphatic carbocycles. The topological polar surface area (TPSA) is 38.9 Å². The number of nitrogen functional groups attached to an aromatic ring is 1. The molecule has 1 aromatic rings. The summed E-state index contributed by atoms with van der Waals surface area (Å²) in [6.07, 6.45) is 1.84. The van der Waals surface area contributed by atoms with Gasteiger partial charge in [-0.1, -0.05) is 20.8 Å². The normalized spacial score (nSPS) is 13.2. The lowest BCUT2D eigenvalue weighted by Crippen LogP contribution is -2.06. The van der Waals surface area contributed by atoms with Crippen LogP contribution in [-0.2, 0) is 0 Å². The Kier molecular flexibility index (Phi) is 3.81. The predicted molar refractivity (Wildman–Crippen MR) is 63.5 cm³/mol. The zero-order valence-electron chi connectivity index (χ0n) is 9.24. The molecular formula is C11H18N2S. The van der Waals surface area contributed by atoms with Gasteiger partial charge in [0.25, 0.3) is 0 Å². The van der Waals surface area contributed by atoms with Crippen LogP contribution >= 0.6 is 11.8 Å². The minimum Gasteiger partial charge on any atom is -0.398 e. The molecule has 1 heterocycles. The Morgan fingerprint density at radius 2 is 2.00 bits per heavy atom. The van der Waals surface area contributed by atoms with E-state index in [2.05, 4.69) is 25.8 Å². The second kappa shape index (κ2) is 4.69. The number of rotatable bonds is 3. The standard InChI is InChI=1S/C11H18N2S/c1-7(2)9(4)14-11-5-10(12)8(3)6-13-11/h5-7,9H,1-4H3,(H2,12,13). The third-order valence-corrected chi connectivity index (χ3v) is 3.75. The van der Waals surface area contributed by atoms with Gasteiger partial charge in [0.2, 0.25) is 0 Å². The van der Waals surface area contributed by atoms with Crippen molar-refractivity contribution in [2.75, 3.05) is 5.73 Å². The van der Waals surface area contributed by atoms with Crippen LogP contribution in [-0.4, -0.2) is 10.2 Å². The minimum atomic E-state index is 0.574. The summed E-state index contributed by atoms with van der Waals surface area (Å²) in [5.41, 5.74) is 7.70. The Morgan fingerprint density at radius 3 is 2.50 bits per heavy atom. The smallest absolute Gasteiger partial charge is 0.0983 e. The fraction of sp³-hybridized carbons (Fsp3) is 0.545. The van der Waals surface area contributed by atoms with Crippen LogP contribution in [0.4, 0.5) is 5.69 Å². The monoisotopic (exact) mass is 210 g/mol. The van der Waals surface area contributed by atoms with Crippen molar-refractivity contribution in [2.24, 2.45) is 5.92 Å². The second-order valence-electron chi connectivity index (χ2n) is 3.95. The van der Waals surface area contributed by atoms with E-state index in [-0.39, 0.29) is 0 Å². The SMILES string of the molecule is Cc1cnc(SC(C)C(C)C)cc1N. The molecule has 0 bridgehead atoms. The summed E-state index contributed by atoms with van der Waals surface area (Å²) in [7, 11) is 0. The molecule has 2 N–H and O–H groups in total. The fourth-order valence-electron chi connectivity index (χ4n) is 0.910. The molecule has 0 amide bonds. The number of aryl methyl sites for hydroxylation is 1. The maximum atomic E-state index is 5.82. The molecular weight excluding hydrogens is 192 g/mol. The number of nitrogens with two attached hydrogens (primary N) is 1. The van der Waals surface area contributed by atoms with Crippen molar-refractivity contribution in [3.8, 4) is 0 Å². The molecule has 1 atom stereocenters. The molecule has 3 heteroatoms. The Labute approximate surface area is 90.3 Å². The number of hydrogen-bond donors (Lipinski definition) is 1. The van der Waals surface area contributed by atoms with E-state index in [1.54, 1.807) is 11.8 Å². The second-order valence-corrected chi connectivity index (χ2v) is 5.34. The van der Waals surface area contributed by atoms with Gasteiger partial charge in [0.1, 0.15) is 0 Å². The molecule has 0 aliphatic rings. The average Bonchev–Trinajstić information content (AvgIpc) is 2.11. The van der Waals surface area contributed by atoms with E-state index in [9.17, 15) is 0 Å². The molecule has 0 spiro atoms. The first-order valence-corrected chi connectivity index (χ1v) is 5.77. The molecule has 0 radical (unpaired) electrons. The van der Waals surface area contributed by atoms with Crippen LogP contribution in [0.3, 0.4) is 0 Å². The Balaban J connectivity index is 2.73. The zero-order valence-corrected chi connectivity index (χ0v) is 10.1. The average molecular weight is 210 g/mol. The highest BCUT2D eigenvalue weighted by Gasteiger charge is 2.10. The largest absolute Gasteiger partial charge is 0.398 e. The van der Waals surface area contributed by atoms with E-state index < -0.39 is 0 Å². The lowest BCUT2D eigenvalue weighted by Gasteiger charge is -2.14. The van der Waals surface area contributed by atoms with E-state index >= 15 is 0 Å². The van der Waals surface area contributed by atoms with Crippen LogP contribution in [0, 0.1) is 12.8 Å². The Bertz CT molecular complexity index is 310. The fourth-order valence-corrected chi connectivity index (χ4v) is 1.87. The predicted octanol–water partition coefficient (Wildman–Crippen LogP) is 3.11. The van der Waals surface area contributed by atoms with E-state index in [1.807, 2.05) is 19.2 Å². The number of thioether (sulfide) groups is 1. The summed E-state index contributed by atoms with van der Waals surface area (Å²) in [5.74, 6) is 0.657. The van der Waals surface area contributed by atoms with E-state index in [4.69, 9.17) is 5.73 Å². The minimum absolute atomic E-state index is 0.574. The van der Waals surface area contributed by atoms with E-state index in [0.29, 0.717) is 11.2 Å². The van der Waals surface area contributed by atoms with Crippen LogP contribution in [0.25, 0.3) is 0 Å². The highest BCUT2D eigenvalue weighted by molar-refractivity contribution is 7.99. The van der Waals surface area contributed by atoms with Gasteiger partial charge in [0.15, 0.2) is 0 Å². The molecule has 1 unspecified atom stereocenters. The van der Waals surface area contributed by atoms with Gasteiger partial charge in [-0.25, -0.2) is 4.98 Å². The molecule has 1 aromatic heterocycles. The van der Waals surface area contributed by atoms with Crippen molar-refractivity contribution >= 4 is 17.4 Å². The number of hydrogen-bond acceptors (Lipinski definition) is 3. The first kappa shape index (κ1) is 11.4. The molecule has 0 saturated heterocycles. The van der Waals surface area contributed by atoms with Gasteiger partial charge < -0.3 is 5.73 Å². The molecule has 0 aromatic carbocycles. The molecule has 78 valence electrons. The Morgan fingerprint density at radius 1 is 1.36 bits per heavy atom. The molecule has 0 saturated carbocycles. The van der Waals surface area contributed by atoms with Crippen LogP contribution in [0.15, 0.2) is 17.3 Å². The van der Waals surface area contributed by atoms with Crippen molar-refractivity contribution in [1.82, 2.24) is 4.98 Å². The summed E-state index contributed by atoms with van der Waals surface area (Å²) in [6.45, 7) is 8.63. The van der Waals surface area contributed by atoms with Gasteiger partial charge in [-0.15, -0.1) is 11.8 Å². The van der Waals surface area contributed by atoms with Crippen molar-refractivity contribution in [3.05, 3.63) is 17.8 Å².